The van der Waals surface area contributed by atoms with Crippen molar-refractivity contribution in [1.82, 2.24) is 10.5 Å². The van der Waals surface area contributed by atoms with Gasteiger partial charge in [0.15, 0.2) is 0 Å². The van der Waals surface area contributed by atoms with Crippen LogP contribution in [0.25, 0.3) is 0 Å². The van der Waals surface area contributed by atoms with Gasteiger partial charge in [0.05, 0.1) is 5.69 Å². The highest BCUT2D eigenvalue weighted by Gasteiger charge is 2.14. The lowest BCUT2D eigenvalue weighted by Crippen LogP contribution is -2.28. The van der Waals surface area contributed by atoms with Crippen molar-refractivity contribution in [2.75, 3.05) is 6.54 Å². The minimum atomic E-state index is 0.755. The molecule has 0 aliphatic heterocycles. The maximum atomic E-state index is 5.14. The normalized spacial score (nSPS) is 17.5. The molecule has 0 unspecified atom stereocenters. The van der Waals surface area contributed by atoms with E-state index in [0.29, 0.717) is 0 Å². The Bertz CT molecular complexity index is 294. The summed E-state index contributed by atoms with van der Waals surface area (Å²) in [6.45, 7) is 5.06. The van der Waals surface area contributed by atoms with E-state index in [0.717, 1.165) is 30.5 Å². The van der Waals surface area contributed by atoms with Gasteiger partial charge in [-0.2, -0.15) is 0 Å². The summed E-state index contributed by atoms with van der Waals surface area (Å²) in [6, 6.07) is 0.755. The van der Waals surface area contributed by atoms with Crippen LogP contribution in [0.3, 0.4) is 0 Å². The molecule has 15 heavy (non-hydrogen) atoms. The zero-order valence-electron chi connectivity index (χ0n) is 9.68. The fourth-order valence-corrected chi connectivity index (χ4v) is 2.39. The lowest BCUT2D eigenvalue weighted by Gasteiger charge is -2.10. The molecular weight excluding hydrogens is 188 g/mol. The van der Waals surface area contributed by atoms with E-state index >= 15 is 0 Å². The molecule has 1 fully saturated rings. The van der Waals surface area contributed by atoms with Crippen LogP contribution in [0.15, 0.2) is 4.52 Å². The first kappa shape index (κ1) is 10.7. The Balaban J connectivity index is 1.77. The average molecular weight is 208 g/mol. The Morgan fingerprint density at radius 1 is 1.33 bits per heavy atom. The van der Waals surface area contributed by atoms with Crippen LogP contribution in [-0.4, -0.2) is 17.7 Å². The van der Waals surface area contributed by atoms with Crippen molar-refractivity contribution in [3.8, 4) is 0 Å². The first-order valence-corrected chi connectivity index (χ1v) is 5.92. The Labute approximate surface area is 91.2 Å². The van der Waals surface area contributed by atoms with Crippen LogP contribution in [0.5, 0.6) is 0 Å². The minimum absolute atomic E-state index is 0.755. The largest absolute Gasteiger partial charge is 0.361 e. The second-order valence-corrected chi connectivity index (χ2v) is 4.49. The molecule has 1 aromatic rings. The molecule has 0 amide bonds. The molecule has 1 aliphatic rings. The van der Waals surface area contributed by atoms with E-state index < -0.39 is 0 Å². The second kappa shape index (κ2) is 4.79. The highest BCUT2D eigenvalue weighted by atomic mass is 16.5. The SMILES string of the molecule is Cc1noc(C)c1CCNC1CCCC1. The molecule has 2 rings (SSSR count). The summed E-state index contributed by atoms with van der Waals surface area (Å²) < 4.78 is 5.14. The molecule has 0 spiro atoms. The molecule has 0 radical (unpaired) electrons. The molecule has 0 saturated heterocycles. The number of aryl methyl sites for hydroxylation is 2. The zero-order valence-corrected chi connectivity index (χ0v) is 9.68. The highest BCUT2D eigenvalue weighted by Crippen LogP contribution is 2.18. The molecule has 3 nitrogen and oxygen atoms in total. The van der Waals surface area contributed by atoms with Crippen LogP contribution in [-0.2, 0) is 6.42 Å². The van der Waals surface area contributed by atoms with Crippen molar-refractivity contribution < 1.29 is 4.52 Å². The molecule has 0 aromatic carbocycles. The van der Waals surface area contributed by atoms with Crippen molar-refractivity contribution >= 4 is 0 Å². The van der Waals surface area contributed by atoms with Crippen LogP contribution >= 0.6 is 0 Å². The Hall–Kier alpha value is -0.830. The number of rotatable bonds is 4. The molecular formula is C12H20N2O. The van der Waals surface area contributed by atoms with Gasteiger partial charge in [0.1, 0.15) is 5.76 Å². The van der Waals surface area contributed by atoms with Crippen LogP contribution in [0.1, 0.15) is 42.7 Å². The number of nitrogens with zero attached hydrogens (tertiary/aromatic N) is 1. The van der Waals surface area contributed by atoms with E-state index in [1.807, 2.05) is 13.8 Å². The zero-order chi connectivity index (χ0) is 10.7. The van der Waals surface area contributed by atoms with Crippen molar-refractivity contribution in [1.29, 1.82) is 0 Å². The van der Waals surface area contributed by atoms with E-state index in [1.54, 1.807) is 0 Å². The topological polar surface area (TPSA) is 38.1 Å². The summed E-state index contributed by atoms with van der Waals surface area (Å²) in [6.07, 6.45) is 6.52. The maximum absolute atomic E-state index is 5.14. The van der Waals surface area contributed by atoms with Gasteiger partial charge in [-0.15, -0.1) is 0 Å². The molecule has 1 saturated carbocycles. The summed E-state index contributed by atoms with van der Waals surface area (Å²) in [7, 11) is 0. The van der Waals surface area contributed by atoms with Crippen LogP contribution in [0.2, 0.25) is 0 Å². The second-order valence-electron chi connectivity index (χ2n) is 4.49. The third-order valence-corrected chi connectivity index (χ3v) is 3.34. The fraction of sp³-hybridized carbons (Fsp3) is 0.750. The van der Waals surface area contributed by atoms with Gasteiger partial charge < -0.3 is 9.84 Å². The van der Waals surface area contributed by atoms with Crippen molar-refractivity contribution in [2.45, 2.75) is 52.0 Å². The Kier molecular flexibility index (Phi) is 3.41. The first-order chi connectivity index (χ1) is 7.27. The third kappa shape index (κ3) is 2.59. The summed E-state index contributed by atoms with van der Waals surface area (Å²) in [5.41, 5.74) is 2.32. The number of nitrogens with one attached hydrogen (secondary N) is 1. The summed E-state index contributed by atoms with van der Waals surface area (Å²) in [5.74, 6) is 0.973. The predicted molar refractivity (Wildman–Crippen MR) is 59.9 cm³/mol. The average Bonchev–Trinajstić information content (AvgIpc) is 2.82. The van der Waals surface area contributed by atoms with E-state index in [-0.39, 0.29) is 0 Å². The molecule has 84 valence electrons. The van der Waals surface area contributed by atoms with E-state index in [9.17, 15) is 0 Å². The smallest absolute Gasteiger partial charge is 0.137 e. The molecule has 3 heteroatoms. The predicted octanol–water partition coefficient (Wildman–Crippen LogP) is 2.37. The van der Waals surface area contributed by atoms with E-state index in [1.165, 1.54) is 31.2 Å². The standard InChI is InChI=1S/C12H20N2O/c1-9-12(10(2)15-14-9)7-8-13-11-5-3-4-6-11/h11,13H,3-8H2,1-2H3. The fourth-order valence-electron chi connectivity index (χ4n) is 2.39. The summed E-state index contributed by atoms with van der Waals surface area (Å²) >= 11 is 0. The molecule has 1 heterocycles. The van der Waals surface area contributed by atoms with Crippen LogP contribution in [0, 0.1) is 13.8 Å². The van der Waals surface area contributed by atoms with Crippen LogP contribution in [0.4, 0.5) is 0 Å². The first-order valence-electron chi connectivity index (χ1n) is 5.92. The molecule has 0 atom stereocenters. The van der Waals surface area contributed by atoms with Gasteiger partial charge in [0, 0.05) is 11.6 Å². The van der Waals surface area contributed by atoms with E-state index in [4.69, 9.17) is 4.52 Å². The van der Waals surface area contributed by atoms with Gasteiger partial charge in [0.25, 0.3) is 0 Å². The number of aromatic nitrogens is 1. The Morgan fingerprint density at radius 2 is 2.07 bits per heavy atom. The third-order valence-electron chi connectivity index (χ3n) is 3.34. The summed E-state index contributed by atoms with van der Waals surface area (Å²) in [4.78, 5) is 0. The quantitative estimate of drug-likeness (QED) is 0.825. The van der Waals surface area contributed by atoms with Crippen molar-refractivity contribution in [3.63, 3.8) is 0 Å². The molecule has 1 N–H and O–H groups in total. The lowest BCUT2D eigenvalue weighted by molar-refractivity contribution is 0.392. The van der Waals surface area contributed by atoms with Crippen LogP contribution < -0.4 is 5.32 Å². The van der Waals surface area contributed by atoms with Gasteiger partial charge in [-0.05, 0) is 39.7 Å². The van der Waals surface area contributed by atoms with Gasteiger partial charge in [-0.25, -0.2) is 0 Å². The maximum Gasteiger partial charge on any atom is 0.137 e. The van der Waals surface area contributed by atoms with Crippen molar-refractivity contribution in [3.05, 3.63) is 17.0 Å². The Morgan fingerprint density at radius 3 is 2.67 bits per heavy atom. The van der Waals surface area contributed by atoms with Gasteiger partial charge >= 0.3 is 0 Å². The molecule has 1 aliphatic carbocycles. The minimum Gasteiger partial charge on any atom is -0.361 e. The molecule has 1 aromatic heterocycles. The van der Waals surface area contributed by atoms with E-state index in [2.05, 4.69) is 10.5 Å². The lowest BCUT2D eigenvalue weighted by atomic mass is 10.1. The van der Waals surface area contributed by atoms with Crippen molar-refractivity contribution in [2.24, 2.45) is 0 Å². The van der Waals surface area contributed by atoms with Gasteiger partial charge in [-0.3, -0.25) is 0 Å². The number of hydrogen-bond donors (Lipinski definition) is 1. The molecule has 0 bridgehead atoms. The van der Waals surface area contributed by atoms with Gasteiger partial charge in [0.2, 0.25) is 0 Å². The summed E-state index contributed by atoms with van der Waals surface area (Å²) in [5, 5.41) is 7.57. The monoisotopic (exact) mass is 208 g/mol. The number of hydrogen-bond acceptors (Lipinski definition) is 3. The van der Waals surface area contributed by atoms with Gasteiger partial charge in [-0.1, -0.05) is 18.0 Å². The highest BCUT2D eigenvalue weighted by molar-refractivity contribution is 5.20.